The zero-order valence-electron chi connectivity index (χ0n) is 12.6. The summed E-state index contributed by atoms with van der Waals surface area (Å²) in [7, 11) is 1.60. The van der Waals surface area contributed by atoms with Gasteiger partial charge in [-0.25, -0.2) is 0 Å². The van der Waals surface area contributed by atoms with Gasteiger partial charge in [0.1, 0.15) is 0 Å². The lowest BCUT2D eigenvalue weighted by atomic mass is 9.79. The summed E-state index contributed by atoms with van der Waals surface area (Å²) in [6.45, 7) is 4.89. The second-order valence-corrected chi connectivity index (χ2v) is 5.66. The number of hydrogen-bond donors (Lipinski definition) is 1. The van der Waals surface area contributed by atoms with Crippen molar-refractivity contribution in [3.05, 3.63) is 0 Å². The fraction of sp³-hybridized carbons (Fsp3) is 0.867. The molecule has 0 aromatic heterocycles. The van der Waals surface area contributed by atoms with E-state index in [-0.39, 0.29) is 18.4 Å². The maximum absolute atomic E-state index is 12.2. The molecule has 1 saturated carbocycles. The molecule has 110 valence electrons. The first kappa shape index (κ1) is 16.0. The predicted molar refractivity (Wildman–Crippen MR) is 76.7 cm³/mol. The third-order valence-electron chi connectivity index (χ3n) is 4.30. The van der Waals surface area contributed by atoms with Crippen LogP contribution in [0.25, 0.3) is 0 Å². The Labute approximate surface area is 116 Å². The van der Waals surface area contributed by atoms with Crippen molar-refractivity contribution in [2.24, 2.45) is 11.8 Å². The van der Waals surface area contributed by atoms with Crippen LogP contribution in [0.15, 0.2) is 0 Å². The summed E-state index contributed by atoms with van der Waals surface area (Å²) in [5.74, 6) is 1.15. The molecule has 0 aromatic carbocycles. The van der Waals surface area contributed by atoms with E-state index in [9.17, 15) is 9.59 Å². The average Bonchev–Trinajstić information content (AvgIpc) is 2.45. The Balaban J connectivity index is 2.44. The molecular formula is C15H28N2O2. The average molecular weight is 268 g/mol. The molecule has 1 fully saturated rings. The summed E-state index contributed by atoms with van der Waals surface area (Å²) in [5, 5.41) is 2.57. The van der Waals surface area contributed by atoms with E-state index in [0.717, 1.165) is 0 Å². The molecule has 4 heteroatoms. The Kier molecular flexibility index (Phi) is 6.89. The lowest BCUT2D eigenvalue weighted by Crippen LogP contribution is -2.40. The Morgan fingerprint density at radius 2 is 1.89 bits per heavy atom. The van der Waals surface area contributed by atoms with Crippen molar-refractivity contribution in [1.29, 1.82) is 0 Å². The number of hydrogen-bond acceptors (Lipinski definition) is 2. The molecule has 0 heterocycles. The number of amides is 2. The zero-order valence-corrected chi connectivity index (χ0v) is 12.6. The fourth-order valence-electron chi connectivity index (χ4n) is 2.90. The Hall–Kier alpha value is -1.06. The van der Waals surface area contributed by atoms with Crippen molar-refractivity contribution in [3.63, 3.8) is 0 Å². The highest BCUT2D eigenvalue weighted by Gasteiger charge is 2.24. The molecule has 1 N–H and O–H groups in total. The fourth-order valence-corrected chi connectivity index (χ4v) is 2.90. The summed E-state index contributed by atoms with van der Waals surface area (Å²) in [6.07, 6.45) is 7.05. The van der Waals surface area contributed by atoms with Gasteiger partial charge in [-0.3, -0.25) is 9.59 Å². The summed E-state index contributed by atoms with van der Waals surface area (Å²) < 4.78 is 0. The number of nitrogens with one attached hydrogen (secondary N) is 1. The minimum atomic E-state index is -0.0967. The summed E-state index contributed by atoms with van der Waals surface area (Å²) in [6, 6.07) is 0. The molecule has 2 amide bonds. The summed E-state index contributed by atoms with van der Waals surface area (Å²) >= 11 is 0. The Morgan fingerprint density at radius 3 is 2.42 bits per heavy atom. The Bertz CT molecular complexity index is 299. The maximum atomic E-state index is 12.2. The smallest absolute Gasteiger partial charge is 0.239 e. The number of carbonyl (C=O) groups is 2. The molecule has 1 unspecified atom stereocenters. The largest absolute Gasteiger partial charge is 0.358 e. The van der Waals surface area contributed by atoms with Crippen LogP contribution < -0.4 is 5.32 Å². The molecule has 0 spiro atoms. The molecular weight excluding hydrogens is 240 g/mol. The van der Waals surface area contributed by atoms with Gasteiger partial charge in [-0.05, 0) is 18.8 Å². The van der Waals surface area contributed by atoms with E-state index >= 15 is 0 Å². The van der Waals surface area contributed by atoms with Gasteiger partial charge in [-0.1, -0.05) is 39.0 Å². The lowest BCUT2D eigenvalue weighted by molar-refractivity contribution is -0.136. The molecule has 1 rings (SSSR count). The molecule has 1 aliphatic rings. The number of carbonyl (C=O) groups excluding carboxylic acids is 2. The number of nitrogens with zero attached hydrogens (tertiary/aromatic N) is 1. The quantitative estimate of drug-likeness (QED) is 0.802. The second-order valence-electron chi connectivity index (χ2n) is 5.66. The zero-order chi connectivity index (χ0) is 14.3. The SMILES string of the molecule is CCN(CC(=O)NC)C(=O)CC(C)C1CCCCC1. The van der Waals surface area contributed by atoms with Gasteiger partial charge in [0, 0.05) is 20.0 Å². The van der Waals surface area contributed by atoms with Crippen molar-refractivity contribution in [2.45, 2.75) is 52.4 Å². The van der Waals surface area contributed by atoms with Gasteiger partial charge in [-0.2, -0.15) is 0 Å². The van der Waals surface area contributed by atoms with Gasteiger partial charge in [-0.15, -0.1) is 0 Å². The van der Waals surface area contributed by atoms with Gasteiger partial charge in [0.2, 0.25) is 11.8 Å². The van der Waals surface area contributed by atoms with Crippen LogP contribution in [0.5, 0.6) is 0 Å². The summed E-state index contributed by atoms with van der Waals surface area (Å²) in [4.78, 5) is 25.2. The van der Waals surface area contributed by atoms with Crippen LogP contribution in [-0.2, 0) is 9.59 Å². The van der Waals surface area contributed by atoms with Crippen LogP contribution >= 0.6 is 0 Å². The van der Waals surface area contributed by atoms with Gasteiger partial charge < -0.3 is 10.2 Å². The molecule has 19 heavy (non-hydrogen) atoms. The maximum Gasteiger partial charge on any atom is 0.239 e. The van der Waals surface area contributed by atoms with Gasteiger partial charge >= 0.3 is 0 Å². The van der Waals surface area contributed by atoms with Crippen molar-refractivity contribution in [1.82, 2.24) is 10.2 Å². The first-order valence-corrected chi connectivity index (χ1v) is 7.56. The highest BCUT2D eigenvalue weighted by molar-refractivity contribution is 5.84. The van der Waals surface area contributed by atoms with Gasteiger partial charge in [0.05, 0.1) is 6.54 Å². The molecule has 1 aliphatic carbocycles. The highest BCUT2D eigenvalue weighted by Crippen LogP contribution is 2.31. The lowest BCUT2D eigenvalue weighted by Gasteiger charge is -2.29. The molecule has 4 nitrogen and oxygen atoms in total. The number of likely N-dealkylation sites (N-methyl/N-ethyl adjacent to an activating group) is 2. The van der Waals surface area contributed by atoms with E-state index in [2.05, 4.69) is 12.2 Å². The Morgan fingerprint density at radius 1 is 1.26 bits per heavy atom. The second kappa shape index (κ2) is 8.18. The van der Waals surface area contributed by atoms with E-state index in [1.54, 1.807) is 11.9 Å². The first-order chi connectivity index (χ1) is 9.08. The van der Waals surface area contributed by atoms with E-state index in [1.165, 1.54) is 32.1 Å². The van der Waals surface area contributed by atoms with Crippen LogP contribution in [0.1, 0.15) is 52.4 Å². The highest BCUT2D eigenvalue weighted by atomic mass is 16.2. The first-order valence-electron chi connectivity index (χ1n) is 7.56. The van der Waals surface area contributed by atoms with Crippen LogP contribution in [0.2, 0.25) is 0 Å². The van der Waals surface area contributed by atoms with E-state index in [0.29, 0.717) is 24.8 Å². The van der Waals surface area contributed by atoms with Gasteiger partial charge in [0.25, 0.3) is 0 Å². The van der Waals surface area contributed by atoms with Crippen LogP contribution in [0.4, 0.5) is 0 Å². The third kappa shape index (κ3) is 5.21. The monoisotopic (exact) mass is 268 g/mol. The van der Waals surface area contributed by atoms with Gasteiger partial charge in [0.15, 0.2) is 0 Å². The minimum absolute atomic E-state index is 0.0967. The molecule has 0 aliphatic heterocycles. The van der Waals surface area contributed by atoms with E-state index in [4.69, 9.17) is 0 Å². The molecule has 0 bridgehead atoms. The van der Waals surface area contributed by atoms with Crippen molar-refractivity contribution in [2.75, 3.05) is 20.1 Å². The standard InChI is InChI=1S/C15H28N2O2/c1-4-17(11-14(18)16-3)15(19)10-12(2)13-8-6-5-7-9-13/h12-13H,4-11H2,1-3H3,(H,16,18). The van der Waals surface area contributed by atoms with Crippen LogP contribution in [-0.4, -0.2) is 36.9 Å². The normalized spacial score (nSPS) is 17.8. The molecule has 1 atom stereocenters. The third-order valence-corrected chi connectivity index (χ3v) is 4.30. The van der Waals surface area contributed by atoms with Crippen LogP contribution in [0.3, 0.4) is 0 Å². The molecule has 0 saturated heterocycles. The minimum Gasteiger partial charge on any atom is -0.358 e. The predicted octanol–water partition coefficient (Wildman–Crippen LogP) is 2.19. The number of rotatable bonds is 6. The summed E-state index contributed by atoms with van der Waals surface area (Å²) in [5.41, 5.74) is 0. The van der Waals surface area contributed by atoms with E-state index in [1.807, 2.05) is 6.92 Å². The van der Waals surface area contributed by atoms with E-state index < -0.39 is 0 Å². The van der Waals surface area contributed by atoms with Crippen molar-refractivity contribution in [3.8, 4) is 0 Å². The molecule has 0 radical (unpaired) electrons. The molecule has 0 aromatic rings. The topological polar surface area (TPSA) is 49.4 Å². The van der Waals surface area contributed by atoms with Crippen molar-refractivity contribution >= 4 is 11.8 Å². The van der Waals surface area contributed by atoms with Crippen molar-refractivity contribution < 1.29 is 9.59 Å². The van der Waals surface area contributed by atoms with Crippen LogP contribution in [0, 0.1) is 11.8 Å².